The van der Waals surface area contributed by atoms with Gasteiger partial charge in [0, 0.05) is 4.47 Å². The Morgan fingerprint density at radius 3 is 2.61 bits per heavy atom. The van der Waals surface area contributed by atoms with Crippen LogP contribution in [-0.2, 0) is 0 Å². The van der Waals surface area contributed by atoms with Crippen LogP contribution in [0.3, 0.4) is 0 Å². The summed E-state index contributed by atoms with van der Waals surface area (Å²) in [6.07, 6.45) is 3.08. The summed E-state index contributed by atoms with van der Waals surface area (Å²) < 4.78 is 0.859. The number of aliphatic hydroxyl groups is 1. The molecular weight excluding hydrogens is 312 g/mol. The predicted molar refractivity (Wildman–Crippen MR) is 79.8 cm³/mol. The highest BCUT2D eigenvalue weighted by atomic mass is 79.9. The van der Waals surface area contributed by atoms with E-state index in [2.05, 4.69) is 29.8 Å². The summed E-state index contributed by atoms with van der Waals surface area (Å²) in [4.78, 5) is 0. The first-order valence-corrected chi connectivity index (χ1v) is 7.79. The van der Waals surface area contributed by atoms with Crippen molar-refractivity contribution in [2.45, 2.75) is 39.2 Å². The molecule has 4 unspecified atom stereocenters. The maximum Gasteiger partial charge on any atom is 0.0818 e. The molecule has 0 saturated heterocycles. The van der Waals surface area contributed by atoms with E-state index in [1.165, 1.54) is 6.42 Å². The minimum atomic E-state index is -0.367. The van der Waals surface area contributed by atoms with Gasteiger partial charge in [0.05, 0.1) is 11.1 Å². The average molecular weight is 332 g/mol. The van der Waals surface area contributed by atoms with Crippen molar-refractivity contribution in [3.8, 4) is 0 Å². The van der Waals surface area contributed by atoms with Crippen LogP contribution in [0, 0.1) is 17.8 Å². The average Bonchev–Trinajstić information content (AvgIpc) is 2.35. The van der Waals surface area contributed by atoms with Crippen LogP contribution in [0.1, 0.15) is 44.8 Å². The van der Waals surface area contributed by atoms with Crippen LogP contribution in [0.4, 0.5) is 0 Å². The summed E-state index contributed by atoms with van der Waals surface area (Å²) in [5.41, 5.74) is 0.970. The van der Waals surface area contributed by atoms with Gasteiger partial charge in [-0.05, 0) is 64.2 Å². The smallest absolute Gasteiger partial charge is 0.0818 e. The fourth-order valence-electron chi connectivity index (χ4n) is 2.84. The van der Waals surface area contributed by atoms with Gasteiger partial charge in [-0.2, -0.15) is 0 Å². The first-order valence-electron chi connectivity index (χ1n) is 6.62. The maximum atomic E-state index is 10.5. The van der Waals surface area contributed by atoms with E-state index in [4.69, 9.17) is 11.6 Å². The van der Waals surface area contributed by atoms with Crippen LogP contribution >= 0.6 is 27.5 Å². The monoisotopic (exact) mass is 330 g/mol. The number of aliphatic hydroxyl groups excluding tert-OH is 1. The molecule has 100 valence electrons. The standard InChI is InChI=1S/C15H20BrClO/c1-9-3-4-11(7-10(9)2)15(18)12-5-6-14(17)13(16)8-12/h5-6,8-11,15,18H,3-4,7H2,1-2H3. The summed E-state index contributed by atoms with van der Waals surface area (Å²) in [5.74, 6) is 1.86. The van der Waals surface area contributed by atoms with Gasteiger partial charge in [-0.1, -0.05) is 37.9 Å². The zero-order valence-corrected chi connectivity index (χ0v) is 13.2. The van der Waals surface area contributed by atoms with E-state index in [1.807, 2.05) is 18.2 Å². The number of hydrogen-bond donors (Lipinski definition) is 1. The molecule has 1 saturated carbocycles. The van der Waals surface area contributed by atoms with Gasteiger partial charge < -0.3 is 5.11 Å². The molecule has 1 nitrogen and oxygen atoms in total. The molecule has 3 heteroatoms. The summed E-state index contributed by atoms with van der Waals surface area (Å²) in [6, 6.07) is 5.72. The van der Waals surface area contributed by atoms with E-state index in [9.17, 15) is 5.11 Å². The van der Waals surface area contributed by atoms with Gasteiger partial charge in [-0.3, -0.25) is 0 Å². The molecule has 0 aliphatic heterocycles. The van der Waals surface area contributed by atoms with Crippen LogP contribution in [0.25, 0.3) is 0 Å². The first kappa shape index (κ1) is 14.4. The van der Waals surface area contributed by atoms with E-state index in [1.54, 1.807) is 0 Å². The molecule has 0 bridgehead atoms. The Morgan fingerprint density at radius 1 is 1.28 bits per heavy atom. The van der Waals surface area contributed by atoms with E-state index in [0.29, 0.717) is 16.9 Å². The second-order valence-corrected chi connectivity index (χ2v) is 6.91. The normalized spacial score (nSPS) is 30.2. The second kappa shape index (κ2) is 5.94. The number of halogens is 2. The van der Waals surface area contributed by atoms with Gasteiger partial charge in [0.25, 0.3) is 0 Å². The van der Waals surface area contributed by atoms with Crippen LogP contribution in [0.5, 0.6) is 0 Å². The molecular formula is C15H20BrClO. The summed E-state index contributed by atoms with van der Waals surface area (Å²) >= 11 is 9.40. The number of hydrogen-bond acceptors (Lipinski definition) is 1. The Balaban J connectivity index is 2.11. The van der Waals surface area contributed by atoms with Crippen molar-refractivity contribution >= 4 is 27.5 Å². The lowest BCUT2D eigenvalue weighted by Crippen LogP contribution is -2.25. The summed E-state index contributed by atoms with van der Waals surface area (Å²) in [6.45, 7) is 4.60. The highest BCUT2D eigenvalue weighted by molar-refractivity contribution is 9.10. The molecule has 0 amide bonds. The lowest BCUT2D eigenvalue weighted by atomic mass is 9.73. The number of benzene rings is 1. The fraction of sp³-hybridized carbons (Fsp3) is 0.600. The molecule has 1 aliphatic carbocycles. The van der Waals surface area contributed by atoms with Crippen molar-refractivity contribution < 1.29 is 5.11 Å². The Morgan fingerprint density at radius 2 is 2.00 bits per heavy atom. The molecule has 1 aromatic rings. The molecule has 0 spiro atoms. The zero-order valence-electron chi connectivity index (χ0n) is 10.9. The Kier molecular flexibility index (Phi) is 4.74. The van der Waals surface area contributed by atoms with Gasteiger partial charge >= 0.3 is 0 Å². The van der Waals surface area contributed by atoms with Gasteiger partial charge in [0.1, 0.15) is 0 Å². The van der Waals surface area contributed by atoms with E-state index in [-0.39, 0.29) is 6.10 Å². The van der Waals surface area contributed by atoms with Crippen LogP contribution in [0.2, 0.25) is 5.02 Å². The van der Waals surface area contributed by atoms with E-state index >= 15 is 0 Å². The summed E-state index contributed by atoms with van der Waals surface area (Å²) in [7, 11) is 0. The third-order valence-corrected chi connectivity index (χ3v) is 5.58. The van der Waals surface area contributed by atoms with Crippen LogP contribution in [-0.4, -0.2) is 5.11 Å². The third-order valence-electron chi connectivity index (χ3n) is 4.37. The molecule has 1 aromatic carbocycles. The molecule has 0 aromatic heterocycles. The Bertz CT molecular complexity index is 421. The van der Waals surface area contributed by atoms with Crippen LogP contribution in [0.15, 0.2) is 22.7 Å². The van der Waals surface area contributed by atoms with Gasteiger partial charge in [0.15, 0.2) is 0 Å². The molecule has 0 heterocycles. The van der Waals surface area contributed by atoms with Crippen molar-refractivity contribution in [2.75, 3.05) is 0 Å². The maximum absolute atomic E-state index is 10.5. The topological polar surface area (TPSA) is 20.2 Å². The van der Waals surface area contributed by atoms with Gasteiger partial charge in [0.2, 0.25) is 0 Å². The Labute approximate surface area is 123 Å². The first-order chi connectivity index (χ1) is 8.49. The SMILES string of the molecule is CC1CCC(C(O)c2ccc(Cl)c(Br)c2)CC1C. The van der Waals surface area contributed by atoms with Crippen molar-refractivity contribution in [3.05, 3.63) is 33.3 Å². The third kappa shape index (κ3) is 3.09. The van der Waals surface area contributed by atoms with Crippen molar-refractivity contribution in [1.29, 1.82) is 0 Å². The zero-order chi connectivity index (χ0) is 13.3. The van der Waals surface area contributed by atoms with E-state index in [0.717, 1.165) is 28.8 Å². The quantitative estimate of drug-likeness (QED) is 0.789. The lowest BCUT2D eigenvalue weighted by molar-refractivity contribution is 0.0561. The van der Waals surface area contributed by atoms with Crippen molar-refractivity contribution in [1.82, 2.24) is 0 Å². The van der Waals surface area contributed by atoms with Crippen molar-refractivity contribution in [2.24, 2.45) is 17.8 Å². The second-order valence-electron chi connectivity index (χ2n) is 5.65. The largest absolute Gasteiger partial charge is 0.388 e. The highest BCUT2D eigenvalue weighted by Crippen LogP contribution is 2.40. The molecule has 18 heavy (non-hydrogen) atoms. The van der Waals surface area contributed by atoms with E-state index < -0.39 is 0 Å². The Hall–Kier alpha value is -0.0500. The number of rotatable bonds is 2. The van der Waals surface area contributed by atoms with Gasteiger partial charge in [-0.25, -0.2) is 0 Å². The molecule has 2 rings (SSSR count). The minimum Gasteiger partial charge on any atom is -0.388 e. The van der Waals surface area contributed by atoms with Gasteiger partial charge in [-0.15, -0.1) is 0 Å². The van der Waals surface area contributed by atoms with Crippen molar-refractivity contribution in [3.63, 3.8) is 0 Å². The molecule has 1 N–H and O–H groups in total. The lowest BCUT2D eigenvalue weighted by Gasteiger charge is -2.34. The molecule has 1 fully saturated rings. The molecule has 0 radical (unpaired) electrons. The predicted octanol–water partition coefficient (Wildman–Crippen LogP) is 5.21. The fourth-order valence-corrected chi connectivity index (χ4v) is 3.36. The summed E-state index contributed by atoms with van der Waals surface area (Å²) in [5, 5.41) is 11.2. The molecule has 1 aliphatic rings. The van der Waals surface area contributed by atoms with Crippen LogP contribution < -0.4 is 0 Å². The highest BCUT2D eigenvalue weighted by Gasteiger charge is 2.30. The minimum absolute atomic E-state index is 0.367. The molecule has 4 atom stereocenters.